The van der Waals surface area contributed by atoms with Crippen molar-refractivity contribution in [3.05, 3.63) is 48.6 Å². The summed E-state index contributed by atoms with van der Waals surface area (Å²) in [6.45, 7) is 5.66. The van der Waals surface area contributed by atoms with Crippen LogP contribution in [0.1, 0.15) is 12.0 Å². The van der Waals surface area contributed by atoms with E-state index in [-0.39, 0.29) is 5.92 Å². The van der Waals surface area contributed by atoms with Crippen LogP contribution in [0.3, 0.4) is 0 Å². The lowest BCUT2D eigenvalue weighted by Crippen LogP contribution is -2.15. The smallest absolute Gasteiger partial charge is 0.293 e. The quantitative estimate of drug-likeness (QED) is 0.486. The summed E-state index contributed by atoms with van der Waals surface area (Å²) in [4.78, 5) is 10.1. The largest absolute Gasteiger partial charge is 0.468 e. The van der Waals surface area contributed by atoms with Crippen molar-refractivity contribution in [3.8, 4) is 0 Å². The van der Waals surface area contributed by atoms with E-state index in [0.29, 0.717) is 26.3 Å². The lowest BCUT2D eigenvalue weighted by atomic mass is 10.1. The van der Waals surface area contributed by atoms with Gasteiger partial charge in [0, 0.05) is 5.92 Å². The maximum atomic E-state index is 10.1. The number of hydrogen-bond donors (Lipinski definition) is 0. The molecule has 0 fully saturated rings. The predicted molar refractivity (Wildman–Crippen MR) is 66.4 cm³/mol. The SMILES string of the molecule is C=CC[C@@H](COC=O)COCc1ccccc1. The van der Waals surface area contributed by atoms with Crippen LogP contribution in [0, 0.1) is 5.92 Å². The molecule has 1 aromatic rings. The van der Waals surface area contributed by atoms with E-state index in [2.05, 4.69) is 6.58 Å². The molecule has 0 bridgehead atoms. The maximum absolute atomic E-state index is 10.1. The topological polar surface area (TPSA) is 35.5 Å². The number of benzene rings is 1. The molecule has 0 aliphatic carbocycles. The molecule has 1 atom stereocenters. The Morgan fingerprint density at radius 2 is 2.00 bits per heavy atom. The van der Waals surface area contributed by atoms with Crippen molar-refractivity contribution in [1.29, 1.82) is 0 Å². The molecule has 3 nitrogen and oxygen atoms in total. The van der Waals surface area contributed by atoms with E-state index in [9.17, 15) is 4.79 Å². The van der Waals surface area contributed by atoms with Crippen molar-refractivity contribution in [2.45, 2.75) is 13.0 Å². The summed E-state index contributed by atoms with van der Waals surface area (Å²) in [5, 5.41) is 0. The van der Waals surface area contributed by atoms with E-state index in [4.69, 9.17) is 9.47 Å². The molecule has 0 radical (unpaired) electrons. The highest BCUT2D eigenvalue weighted by atomic mass is 16.5. The first-order valence-electron chi connectivity index (χ1n) is 5.64. The van der Waals surface area contributed by atoms with E-state index < -0.39 is 0 Å². The third-order valence-corrected chi connectivity index (χ3v) is 2.37. The molecule has 0 saturated carbocycles. The van der Waals surface area contributed by atoms with Crippen LogP contribution in [0.15, 0.2) is 43.0 Å². The fourth-order valence-corrected chi connectivity index (χ4v) is 1.51. The number of hydrogen-bond acceptors (Lipinski definition) is 3. The minimum absolute atomic E-state index is 0.182. The number of rotatable bonds is 9. The van der Waals surface area contributed by atoms with Gasteiger partial charge in [0.15, 0.2) is 0 Å². The Morgan fingerprint density at radius 1 is 1.24 bits per heavy atom. The van der Waals surface area contributed by atoms with E-state index in [1.165, 1.54) is 0 Å². The zero-order valence-corrected chi connectivity index (χ0v) is 9.88. The van der Waals surface area contributed by atoms with Crippen LogP contribution in [0.4, 0.5) is 0 Å². The molecule has 0 amide bonds. The molecule has 0 aromatic heterocycles. The van der Waals surface area contributed by atoms with Crippen molar-refractivity contribution < 1.29 is 14.3 Å². The molecule has 0 aliphatic heterocycles. The normalized spacial score (nSPS) is 11.8. The van der Waals surface area contributed by atoms with Gasteiger partial charge < -0.3 is 9.47 Å². The van der Waals surface area contributed by atoms with Crippen molar-refractivity contribution in [3.63, 3.8) is 0 Å². The van der Waals surface area contributed by atoms with E-state index in [0.717, 1.165) is 12.0 Å². The van der Waals surface area contributed by atoms with Gasteiger partial charge in [0.05, 0.1) is 19.8 Å². The van der Waals surface area contributed by atoms with Gasteiger partial charge >= 0.3 is 0 Å². The van der Waals surface area contributed by atoms with E-state index >= 15 is 0 Å². The number of carbonyl (C=O) groups is 1. The number of carbonyl (C=O) groups excluding carboxylic acids is 1. The molecule has 3 heteroatoms. The molecular weight excluding hydrogens is 216 g/mol. The molecule has 17 heavy (non-hydrogen) atoms. The van der Waals surface area contributed by atoms with Gasteiger partial charge in [-0.2, -0.15) is 0 Å². The second-order valence-corrected chi connectivity index (χ2v) is 3.82. The number of allylic oxidation sites excluding steroid dienone is 1. The maximum Gasteiger partial charge on any atom is 0.293 e. The highest BCUT2D eigenvalue weighted by Gasteiger charge is 2.07. The first kappa shape index (κ1) is 13.5. The molecule has 0 spiro atoms. The predicted octanol–water partition coefficient (Wildman–Crippen LogP) is 2.57. The van der Waals surface area contributed by atoms with Gasteiger partial charge in [0.25, 0.3) is 6.47 Å². The molecule has 0 N–H and O–H groups in total. The van der Waals surface area contributed by atoms with Gasteiger partial charge in [0.1, 0.15) is 0 Å². The zero-order chi connectivity index (χ0) is 12.3. The van der Waals surface area contributed by atoms with Crippen molar-refractivity contribution >= 4 is 6.47 Å². The first-order chi connectivity index (χ1) is 8.36. The van der Waals surface area contributed by atoms with Gasteiger partial charge in [-0.15, -0.1) is 6.58 Å². The average molecular weight is 234 g/mol. The molecular formula is C14H18O3. The van der Waals surface area contributed by atoms with Gasteiger partial charge in [-0.25, -0.2) is 0 Å². The second-order valence-electron chi connectivity index (χ2n) is 3.82. The van der Waals surface area contributed by atoms with Gasteiger partial charge in [-0.05, 0) is 12.0 Å². The second kappa shape index (κ2) is 8.53. The van der Waals surface area contributed by atoms with Crippen LogP contribution in [0.2, 0.25) is 0 Å². The van der Waals surface area contributed by atoms with Crippen LogP contribution in [-0.4, -0.2) is 19.7 Å². The summed E-state index contributed by atoms with van der Waals surface area (Å²) in [5.41, 5.74) is 1.14. The highest BCUT2D eigenvalue weighted by Crippen LogP contribution is 2.07. The summed E-state index contributed by atoms with van der Waals surface area (Å²) >= 11 is 0. The molecule has 1 aromatic carbocycles. The standard InChI is InChI=1S/C14H18O3/c1-2-6-14(11-17-12-15)10-16-9-13-7-4-3-5-8-13/h2-5,7-8,12,14H,1,6,9-11H2/t14-/m1/s1. The van der Waals surface area contributed by atoms with Crippen molar-refractivity contribution in [2.75, 3.05) is 13.2 Å². The van der Waals surface area contributed by atoms with Crippen LogP contribution in [-0.2, 0) is 20.9 Å². The fourth-order valence-electron chi connectivity index (χ4n) is 1.51. The minimum Gasteiger partial charge on any atom is -0.468 e. The van der Waals surface area contributed by atoms with Crippen molar-refractivity contribution in [2.24, 2.45) is 5.92 Å². The fraction of sp³-hybridized carbons (Fsp3) is 0.357. The molecule has 92 valence electrons. The van der Waals surface area contributed by atoms with Gasteiger partial charge in [-0.3, -0.25) is 4.79 Å². The molecule has 0 heterocycles. The Morgan fingerprint density at radius 3 is 2.65 bits per heavy atom. The highest BCUT2D eigenvalue weighted by molar-refractivity contribution is 5.36. The summed E-state index contributed by atoms with van der Waals surface area (Å²) < 4.78 is 10.3. The van der Waals surface area contributed by atoms with Crippen molar-refractivity contribution in [1.82, 2.24) is 0 Å². The molecule has 1 rings (SSSR count). The van der Waals surface area contributed by atoms with Crippen LogP contribution in [0.5, 0.6) is 0 Å². The Kier molecular flexibility index (Phi) is 6.75. The Labute approximate surface area is 102 Å². The monoisotopic (exact) mass is 234 g/mol. The third kappa shape index (κ3) is 5.88. The lowest BCUT2D eigenvalue weighted by molar-refractivity contribution is -0.130. The number of ether oxygens (including phenoxy) is 2. The van der Waals surface area contributed by atoms with Crippen LogP contribution in [0.25, 0.3) is 0 Å². The molecule has 0 aliphatic rings. The molecule has 0 saturated heterocycles. The average Bonchev–Trinajstić information content (AvgIpc) is 2.37. The minimum atomic E-state index is 0.182. The lowest BCUT2D eigenvalue weighted by Gasteiger charge is -2.14. The third-order valence-electron chi connectivity index (χ3n) is 2.37. The first-order valence-corrected chi connectivity index (χ1v) is 5.64. The van der Waals surface area contributed by atoms with Gasteiger partial charge in [-0.1, -0.05) is 36.4 Å². The molecule has 0 unspecified atom stereocenters. The van der Waals surface area contributed by atoms with E-state index in [1.54, 1.807) is 0 Å². The zero-order valence-electron chi connectivity index (χ0n) is 9.88. The Hall–Kier alpha value is -1.61. The van der Waals surface area contributed by atoms with Crippen LogP contribution < -0.4 is 0 Å². The van der Waals surface area contributed by atoms with E-state index in [1.807, 2.05) is 36.4 Å². The summed E-state index contributed by atoms with van der Waals surface area (Å²) in [7, 11) is 0. The summed E-state index contributed by atoms with van der Waals surface area (Å²) in [6, 6.07) is 9.97. The summed E-state index contributed by atoms with van der Waals surface area (Å²) in [6.07, 6.45) is 2.59. The Bertz CT molecular complexity index is 321. The van der Waals surface area contributed by atoms with Crippen LogP contribution >= 0.6 is 0 Å². The Balaban J connectivity index is 2.26. The summed E-state index contributed by atoms with van der Waals surface area (Å²) in [5.74, 6) is 0.182. The van der Waals surface area contributed by atoms with Gasteiger partial charge in [0.2, 0.25) is 0 Å².